The van der Waals surface area contributed by atoms with Crippen LogP contribution in [0.2, 0.25) is 0 Å². The van der Waals surface area contributed by atoms with E-state index in [4.69, 9.17) is 9.47 Å². The summed E-state index contributed by atoms with van der Waals surface area (Å²) < 4.78 is 12.1. The predicted octanol–water partition coefficient (Wildman–Crippen LogP) is 2.96. The zero-order valence-electron chi connectivity index (χ0n) is 12.8. The SMILES string of the molecule is C[C@H](O[C@@H]1C[C@H]2[C@H]3CC[C@@](C)([C@H]2O1)C3(C)C)[C@@H](C)O. The van der Waals surface area contributed by atoms with Crippen molar-refractivity contribution < 1.29 is 14.6 Å². The van der Waals surface area contributed by atoms with E-state index in [1.54, 1.807) is 6.92 Å². The van der Waals surface area contributed by atoms with Crippen molar-refractivity contribution in [3.05, 3.63) is 0 Å². The second-order valence-electron chi connectivity index (χ2n) is 7.75. The molecule has 2 aliphatic carbocycles. The molecule has 0 radical (unpaired) electrons. The lowest BCUT2D eigenvalue weighted by atomic mass is 9.70. The lowest BCUT2D eigenvalue weighted by Crippen LogP contribution is -2.38. The molecule has 3 aliphatic rings. The molecule has 0 spiro atoms. The molecule has 3 nitrogen and oxygen atoms in total. The van der Waals surface area contributed by atoms with Crippen molar-refractivity contribution in [1.29, 1.82) is 0 Å². The third-order valence-corrected chi connectivity index (χ3v) is 6.72. The summed E-state index contributed by atoms with van der Waals surface area (Å²) in [5, 5.41) is 9.55. The van der Waals surface area contributed by atoms with Gasteiger partial charge in [0.15, 0.2) is 6.29 Å². The summed E-state index contributed by atoms with van der Waals surface area (Å²) in [4.78, 5) is 0. The van der Waals surface area contributed by atoms with Crippen LogP contribution in [0.1, 0.15) is 53.9 Å². The first-order valence-corrected chi connectivity index (χ1v) is 7.76. The van der Waals surface area contributed by atoms with E-state index >= 15 is 0 Å². The molecule has 3 fully saturated rings. The van der Waals surface area contributed by atoms with Gasteiger partial charge >= 0.3 is 0 Å². The van der Waals surface area contributed by atoms with Crippen LogP contribution in [0.15, 0.2) is 0 Å². The molecule has 0 unspecified atom stereocenters. The van der Waals surface area contributed by atoms with Crippen molar-refractivity contribution >= 4 is 0 Å². The summed E-state index contributed by atoms with van der Waals surface area (Å²) in [6.45, 7) is 10.9. The van der Waals surface area contributed by atoms with Crippen molar-refractivity contribution in [2.45, 2.75) is 78.5 Å². The fourth-order valence-electron chi connectivity index (χ4n) is 4.92. The van der Waals surface area contributed by atoms with Gasteiger partial charge in [0.2, 0.25) is 0 Å². The molecule has 3 heteroatoms. The van der Waals surface area contributed by atoms with Crippen LogP contribution in [-0.4, -0.2) is 29.7 Å². The summed E-state index contributed by atoms with van der Waals surface area (Å²) in [5.74, 6) is 1.43. The topological polar surface area (TPSA) is 38.7 Å². The highest BCUT2D eigenvalue weighted by Crippen LogP contribution is 2.71. The number of hydrogen-bond acceptors (Lipinski definition) is 3. The molecular weight excluding hydrogens is 240 g/mol. The van der Waals surface area contributed by atoms with E-state index in [1.807, 2.05) is 6.92 Å². The Morgan fingerprint density at radius 1 is 1.26 bits per heavy atom. The Morgan fingerprint density at radius 2 is 1.95 bits per heavy atom. The molecule has 0 aromatic rings. The first-order chi connectivity index (χ1) is 8.77. The van der Waals surface area contributed by atoms with Crippen molar-refractivity contribution in [2.24, 2.45) is 22.7 Å². The minimum atomic E-state index is -0.437. The second-order valence-corrected chi connectivity index (χ2v) is 7.75. The van der Waals surface area contributed by atoms with Crippen LogP contribution in [0.25, 0.3) is 0 Å². The van der Waals surface area contributed by atoms with E-state index in [0.29, 0.717) is 22.9 Å². The van der Waals surface area contributed by atoms with Crippen LogP contribution in [0.5, 0.6) is 0 Å². The number of rotatable bonds is 3. The average molecular weight is 268 g/mol. The summed E-state index contributed by atoms with van der Waals surface area (Å²) in [7, 11) is 0. The lowest BCUT2D eigenvalue weighted by Gasteiger charge is -2.38. The van der Waals surface area contributed by atoms with Gasteiger partial charge in [0, 0.05) is 6.42 Å². The Bertz CT molecular complexity index is 365. The minimum Gasteiger partial charge on any atom is -0.391 e. The maximum absolute atomic E-state index is 9.55. The van der Waals surface area contributed by atoms with Crippen LogP contribution in [0, 0.1) is 22.7 Å². The van der Waals surface area contributed by atoms with Crippen molar-refractivity contribution in [2.75, 3.05) is 0 Å². The molecule has 0 amide bonds. The molecule has 0 aromatic heterocycles. The average Bonchev–Trinajstić information content (AvgIpc) is 2.85. The third-order valence-electron chi connectivity index (χ3n) is 6.72. The molecule has 1 saturated heterocycles. The smallest absolute Gasteiger partial charge is 0.158 e. The van der Waals surface area contributed by atoms with Gasteiger partial charge in [-0.1, -0.05) is 20.8 Å². The second kappa shape index (κ2) is 4.19. The summed E-state index contributed by atoms with van der Waals surface area (Å²) in [6.07, 6.45) is 3.28. The number of fused-ring (bicyclic) bond motifs is 5. The van der Waals surface area contributed by atoms with Gasteiger partial charge in [-0.15, -0.1) is 0 Å². The first-order valence-electron chi connectivity index (χ1n) is 7.76. The molecule has 0 aromatic carbocycles. The third kappa shape index (κ3) is 1.74. The summed E-state index contributed by atoms with van der Waals surface area (Å²) in [5.41, 5.74) is 0.692. The molecule has 2 saturated carbocycles. The van der Waals surface area contributed by atoms with E-state index in [1.165, 1.54) is 12.8 Å². The normalized spacial score (nSPS) is 50.2. The fourth-order valence-corrected chi connectivity index (χ4v) is 4.92. The molecule has 3 rings (SSSR count). The van der Waals surface area contributed by atoms with E-state index in [-0.39, 0.29) is 12.4 Å². The van der Waals surface area contributed by atoms with Gasteiger partial charge in [0.05, 0.1) is 18.3 Å². The Labute approximate surface area is 116 Å². The van der Waals surface area contributed by atoms with E-state index in [0.717, 1.165) is 12.3 Å². The molecular formula is C16H28O3. The number of ether oxygens (including phenoxy) is 2. The molecule has 2 bridgehead atoms. The van der Waals surface area contributed by atoms with Crippen molar-refractivity contribution in [3.63, 3.8) is 0 Å². The Kier molecular flexibility index (Phi) is 3.05. The largest absolute Gasteiger partial charge is 0.391 e. The lowest BCUT2D eigenvalue weighted by molar-refractivity contribution is -0.196. The van der Waals surface area contributed by atoms with Gasteiger partial charge in [-0.05, 0) is 49.4 Å². The summed E-state index contributed by atoms with van der Waals surface area (Å²) >= 11 is 0. The van der Waals surface area contributed by atoms with Crippen LogP contribution < -0.4 is 0 Å². The van der Waals surface area contributed by atoms with Gasteiger partial charge in [-0.3, -0.25) is 0 Å². The quantitative estimate of drug-likeness (QED) is 0.855. The van der Waals surface area contributed by atoms with Gasteiger partial charge < -0.3 is 14.6 Å². The fraction of sp³-hybridized carbons (Fsp3) is 1.00. The predicted molar refractivity (Wildman–Crippen MR) is 73.6 cm³/mol. The molecule has 7 atom stereocenters. The molecule has 110 valence electrons. The number of aliphatic hydroxyl groups excluding tert-OH is 1. The zero-order chi connectivity index (χ0) is 14.0. The van der Waals surface area contributed by atoms with Crippen LogP contribution in [0.4, 0.5) is 0 Å². The highest BCUT2D eigenvalue weighted by Gasteiger charge is 2.69. The van der Waals surface area contributed by atoms with E-state index in [9.17, 15) is 5.11 Å². The van der Waals surface area contributed by atoms with Gasteiger partial charge in [-0.25, -0.2) is 0 Å². The summed E-state index contributed by atoms with van der Waals surface area (Å²) in [6, 6.07) is 0. The van der Waals surface area contributed by atoms with E-state index < -0.39 is 6.10 Å². The molecule has 1 heterocycles. The molecule has 19 heavy (non-hydrogen) atoms. The molecule has 1 aliphatic heterocycles. The minimum absolute atomic E-state index is 0.115. The van der Waals surface area contributed by atoms with Crippen LogP contribution >= 0.6 is 0 Å². The van der Waals surface area contributed by atoms with Gasteiger partial charge in [-0.2, -0.15) is 0 Å². The number of hydrogen-bond donors (Lipinski definition) is 1. The Hall–Kier alpha value is -0.120. The van der Waals surface area contributed by atoms with Crippen LogP contribution in [0.3, 0.4) is 0 Å². The maximum atomic E-state index is 9.55. The van der Waals surface area contributed by atoms with Gasteiger partial charge in [0.25, 0.3) is 0 Å². The maximum Gasteiger partial charge on any atom is 0.158 e. The Morgan fingerprint density at radius 3 is 2.53 bits per heavy atom. The van der Waals surface area contributed by atoms with E-state index in [2.05, 4.69) is 20.8 Å². The monoisotopic (exact) mass is 268 g/mol. The van der Waals surface area contributed by atoms with Crippen LogP contribution in [-0.2, 0) is 9.47 Å². The van der Waals surface area contributed by atoms with Gasteiger partial charge in [0.1, 0.15) is 0 Å². The molecule has 1 N–H and O–H groups in total. The number of aliphatic hydroxyl groups is 1. The highest BCUT2D eigenvalue weighted by atomic mass is 16.7. The zero-order valence-corrected chi connectivity index (χ0v) is 12.8. The van der Waals surface area contributed by atoms with Crippen molar-refractivity contribution in [1.82, 2.24) is 0 Å². The first kappa shape index (κ1) is 13.8. The highest BCUT2D eigenvalue weighted by molar-refractivity contribution is 5.16. The standard InChI is InChI=1S/C16H28O3/c1-9(17)10(2)18-13-8-11-12-6-7-16(5,14(11)19-13)15(12,3)4/h9-14,17H,6-8H2,1-5H3/t9-,10+,11+,12-,13+,14+,16+/m1/s1. The Balaban J connectivity index is 1.72. The van der Waals surface area contributed by atoms with Crippen molar-refractivity contribution in [3.8, 4) is 0 Å².